The number of methoxy groups -OCH3 is 1. The van der Waals surface area contributed by atoms with E-state index >= 15 is 0 Å². The maximum atomic E-state index is 12.6. The highest BCUT2D eigenvalue weighted by Gasteiger charge is 2.13. The lowest BCUT2D eigenvalue weighted by molar-refractivity contribution is 0.0952. The van der Waals surface area contributed by atoms with Crippen LogP contribution in [-0.2, 0) is 6.61 Å². The van der Waals surface area contributed by atoms with Crippen LogP contribution in [0, 0.1) is 0 Å². The van der Waals surface area contributed by atoms with Crippen molar-refractivity contribution in [3.63, 3.8) is 0 Å². The molecule has 7 heteroatoms. The average molecular weight is 479 g/mol. The number of hydrogen-bond donors (Lipinski definition) is 1. The molecule has 0 heterocycles. The van der Waals surface area contributed by atoms with Crippen LogP contribution < -0.4 is 14.9 Å². The summed E-state index contributed by atoms with van der Waals surface area (Å²) in [5.74, 6) is 0.820. The molecule has 0 spiro atoms. The molecule has 4 rings (SSSR count). The van der Waals surface area contributed by atoms with Gasteiger partial charge in [0.25, 0.3) is 5.91 Å². The summed E-state index contributed by atoms with van der Waals surface area (Å²) in [5.41, 5.74) is 4.62. The molecule has 0 aliphatic heterocycles. The van der Waals surface area contributed by atoms with Crippen molar-refractivity contribution < 1.29 is 14.3 Å². The first-order valence-electron chi connectivity index (χ1n) is 10.1. The minimum absolute atomic E-state index is 0.326. The average Bonchev–Trinajstić information content (AvgIpc) is 2.83. The Morgan fingerprint density at radius 2 is 1.70 bits per heavy atom. The highest BCUT2D eigenvalue weighted by molar-refractivity contribution is 6.35. The van der Waals surface area contributed by atoms with Gasteiger partial charge in [-0.3, -0.25) is 4.79 Å². The minimum Gasteiger partial charge on any atom is -0.496 e. The second-order valence-corrected chi connectivity index (χ2v) is 8.04. The first kappa shape index (κ1) is 22.6. The molecule has 4 aromatic rings. The summed E-state index contributed by atoms with van der Waals surface area (Å²) in [6, 6.07) is 24.0. The third-order valence-corrected chi connectivity index (χ3v) is 5.57. The Labute approximate surface area is 201 Å². The number of ether oxygens (including phenoxy) is 2. The SMILES string of the molecule is COc1cc2ccccc2cc1C(=O)N/N=C\c1ccc(OCc2ccc(Cl)cc2Cl)cc1. The van der Waals surface area contributed by atoms with E-state index in [2.05, 4.69) is 10.5 Å². The molecular formula is C26H20Cl2N2O3. The molecule has 0 saturated carbocycles. The summed E-state index contributed by atoms with van der Waals surface area (Å²) in [6.45, 7) is 0.326. The standard InChI is InChI=1S/C26H20Cl2N2O3/c1-32-25-13-19-5-3-2-4-18(19)12-23(25)26(31)30-29-15-17-6-10-22(11-7-17)33-16-20-8-9-21(27)14-24(20)28/h2-15H,16H2,1H3,(H,30,31)/b29-15-. The van der Waals surface area contributed by atoms with Gasteiger partial charge in [-0.05, 0) is 64.9 Å². The van der Waals surface area contributed by atoms with Crippen LogP contribution in [0.25, 0.3) is 10.8 Å². The zero-order chi connectivity index (χ0) is 23.2. The fourth-order valence-electron chi connectivity index (χ4n) is 3.24. The fraction of sp³-hybridized carbons (Fsp3) is 0.0769. The molecule has 5 nitrogen and oxygen atoms in total. The predicted octanol–water partition coefficient (Wildman–Crippen LogP) is 6.50. The van der Waals surface area contributed by atoms with Gasteiger partial charge in [-0.25, -0.2) is 5.43 Å². The lowest BCUT2D eigenvalue weighted by Gasteiger charge is -2.09. The topological polar surface area (TPSA) is 59.9 Å². The van der Waals surface area contributed by atoms with Crippen LogP contribution in [-0.4, -0.2) is 19.2 Å². The van der Waals surface area contributed by atoms with E-state index in [9.17, 15) is 4.79 Å². The van der Waals surface area contributed by atoms with Crippen LogP contribution in [0.1, 0.15) is 21.5 Å². The summed E-state index contributed by atoms with van der Waals surface area (Å²) >= 11 is 12.1. The molecule has 1 amide bonds. The van der Waals surface area contributed by atoms with Crippen molar-refractivity contribution in [2.45, 2.75) is 6.61 Å². The summed E-state index contributed by atoms with van der Waals surface area (Å²) in [5, 5.41) is 7.15. The third kappa shape index (κ3) is 5.64. The van der Waals surface area contributed by atoms with Crippen LogP contribution in [0.2, 0.25) is 10.0 Å². The molecule has 0 saturated heterocycles. The minimum atomic E-state index is -0.353. The maximum absolute atomic E-state index is 12.6. The Morgan fingerprint density at radius 1 is 0.970 bits per heavy atom. The number of nitrogens with zero attached hydrogens (tertiary/aromatic N) is 1. The Bertz CT molecular complexity index is 1320. The molecule has 0 radical (unpaired) electrons. The van der Waals surface area contributed by atoms with E-state index in [1.807, 2.05) is 60.7 Å². The van der Waals surface area contributed by atoms with Gasteiger partial charge >= 0.3 is 0 Å². The number of carbonyl (C=O) groups excluding carboxylic acids is 1. The molecule has 4 aromatic carbocycles. The van der Waals surface area contributed by atoms with Crippen molar-refractivity contribution in [3.05, 3.63) is 106 Å². The van der Waals surface area contributed by atoms with E-state index < -0.39 is 0 Å². The van der Waals surface area contributed by atoms with Crippen molar-refractivity contribution >= 4 is 46.1 Å². The first-order valence-corrected chi connectivity index (χ1v) is 10.9. The van der Waals surface area contributed by atoms with Gasteiger partial charge in [0.05, 0.1) is 18.9 Å². The molecule has 0 bridgehead atoms. The number of amides is 1. The molecule has 0 aromatic heterocycles. The number of hydrogen-bond acceptors (Lipinski definition) is 4. The van der Waals surface area contributed by atoms with E-state index in [1.54, 1.807) is 24.4 Å². The number of rotatable bonds is 7. The number of benzene rings is 4. The van der Waals surface area contributed by atoms with Crippen LogP contribution in [0.15, 0.2) is 84.0 Å². The van der Waals surface area contributed by atoms with Gasteiger partial charge in [0.1, 0.15) is 18.1 Å². The maximum Gasteiger partial charge on any atom is 0.275 e. The van der Waals surface area contributed by atoms with Gasteiger partial charge < -0.3 is 9.47 Å². The van der Waals surface area contributed by atoms with Crippen LogP contribution >= 0.6 is 23.2 Å². The van der Waals surface area contributed by atoms with Crippen molar-refractivity contribution in [1.29, 1.82) is 0 Å². The lowest BCUT2D eigenvalue weighted by atomic mass is 10.1. The third-order valence-electron chi connectivity index (χ3n) is 4.98. The van der Waals surface area contributed by atoms with Crippen LogP contribution in [0.4, 0.5) is 0 Å². The first-order chi connectivity index (χ1) is 16.0. The molecule has 0 atom stereocenters. The molecule has 0 unspecified atom stereocenters. The van der Waals surface area contributed by atoms with Crippen molar-refractivity contribution in [3.8, 4) is 11.5 Å². The van der Waals surface area contributed by atoms with E-state index in [0.29, 0.717) is 33.7 Å². The Balaban J connectivity index is 1.37. The smallest absolute Gasteiger partial charge is 0.275 e. The number of halogens is 2. The monoisotopic (exact) mass is 478 g/mol. The fourth-order valence-corrected chi connectivity index (χ4v) is 3.70. The Morgan fingerprint density at radius 3 is 2.39 bits per heavy atom. The summed E-state index contributed by atoms with van der Waals surface area (Å²) in [4.78, 5) is 12.6. The zero-order valence-electron chi connectivity index (χ0n) is 17.7. The second kappa shape index (κ2) is 10.4. The molecule has 1 N–H and O–H groups in total. The highest BCUT2D eigenvalue weighted by atomic mass is 35.5. The van der Waals surface area contributed by atoms with E-state index in [0.717, 1.165) is 21.9 Å². The van der Waals surface area contributed by atoms with Gasteiger partial charge in [0.2, 0.25) is 0 Å². The molecule has 0 aliphatic rings. The number of fused-ring (bicyclic) bond motifs is 1. The highest BCUT2D eigenvalue weighted by Crippen LogP contribution is 2.26. The van der Waals surface area contributed by atoms with Gasteiger partial charge in [-0.2, -0.15) is 5.10 Å². The predicted molar refractivity (Wildman–Crippen MR) is 133 cm³/mol. The van der Waals surface area contributed by atoms with Crippen LogP contribution in [0.3, 0.4) is 0 Å². The number of hydrazone groups is 1. The summed E-state index contributed by atoms with van der Waals surface area (Å²) < 4.78 is 11.2. The van der Waals surface area contributed by atoms with E-state index in [1.165, 1.54) is 7.11 Å². The molecule has 0 aliphatic carbocycles. The largest absolute Gasteiger partial charge is 0.496 e. The van der Waals surface area contributed by atoms with Gasteiger partial charge in [0.15, 0.2) is 0 Å². The van der Waals surface area contributed by atoms with E-state index in [4.69, 9.17) is 32.7 Å². The van der Waals surface area contributed by atoms with E-state index in [-0.39, 0.29) is 5.91 Å². The van der Waals surface area contributed by atoms with Gasteiger partial charge in [-0.15, -0.1) is 0 Å². The quantitative estimate of drug-likeness (QED) is 0.243. The Kier molecular flexibility index (Phi) is 7.13. The normalized spacial score (nSPS) is 11.0. The second-order valence-electron chi connectivity index (χ2n) is 7.19. The van der Waals surface area contributed by atoms with Crippen LogP contribution in [0.5, 0.6) is 11.5 Å². The molecule has 33 heavy (non-hydrogen) atoms. The summed E-state index contributed by atoms with van der Waals surface area (Å²) in [6.07, 6.45) is 1.56. The van der Waals surface area contributed by atoms with Crippen molar-refractivity contribution in [2.24, 2.45) is 5.10 Å². The summed E-state index contributed by atoms with van der Waals surface area (Å²) in [7, 11) is 1.54. The zero-order valence-corrected chi connectivity index (χ0v) is 19.2. The number of carbonyl (C=O) groups is 1. The molecular weight excluding hydrogens is 459 g/mol. The van der Waals surface area contributed by atoms with Gasteiger partial charge in [0, 0.05) is 15.6 Å². The number of nitrogens with one attached hydrogen (secondary N) is 1. The molecule has 0 fully saturated rings. The lowest BCUT2D eigenvalue weighted by Crippen LogP contribution is -2.18. The Hall–Kier alpha value is -3.54. The van der Waals surface area contributed by atoms with Crippen molar-refractivity contribution in [2.75, 3.05) is 7.11 Å². The molecule has 166 valence electrons. The van der Waals surface area contributed by atoms with Gasteiger partial charge in [-0.1, -0.05) is 53.5 Å². The van der Waals surface area contributed by atoms with Crippen molar-refractivity contribution in [1.82, 2.24) is 5.43 Å².